The fourth-order valence-corrected chi connectivity index (χ4v) is 1.24. The number of carbonyl (C=O) groups is 2. The predicted molar refractivity (Wildman–Crippen MR) is 54.3 cm³/mol. The maximum absolute atomic E-state index is 10.8. The molecule has 0 bridgehead atoms. The molecule has 2 amide bonds. The molecule has 0 heterocycles. The molecule has 1 aromatic carbocycles. The molecular formula is C9H9ClN2O2. The summed E-state index contributed by atoms with van der Waals surface area (Å²) in [5.74, 6) is -0.818. The van der Waals surface area contributed by atoms with E-state index in [9.17, 15) is 9.59 Å². The number of halogens is 1. The van der Waals surface area contributed by atoms with Gasteiger partial charge < -0.3 is 11.1 Å². The Morgan fingerprint density at radius 1 is 1.36 bits per heavy atom. The number of hydrogen-bond acceptors (Lipinski definition) is 2. The Morgan fingerprint density at radius 3 is 2.50 bits per heavy atom. The molecule has 0 aromatic heterocycles. The van der Waals surface area contributed by atoms with Crippen LogP contribution in [-0.4, -0.2) is 11.8 Å². The van der Waals surface area contributed by atoms with Gasteiger partial charge in [-0.15, -0.1) is 0 Å². The van der Waals surface area contributed by atoms with Gasteiger partial charge in [0.05, 0.1) is 0 Å². The average molecular weight is 213 g/mol. The summed E-state index contributed by atoms with van der Waals surface area (Å²) in [4.78, 5) is 21.6. The van der Waals surface area contributed by atoms with Crippen molar-refractivity contribution >= 4 is 29.1 Å². The highest BCUT2D eigenvalue weighted by Crippen LogP contribution is 2.18. The first-order chi connectivity index (χ1) is 6.49. The molecule has 0 saturated carbocycles. The molecule has 0 atom stereocenters. The molecule has 0 fully saturated rings. The van der Waals surface area contributed by atoms with E-state index >= 15 is 0 Å². The Balaban J connectivity index is 3.07. The van der Waals surface area contributed by atoms with Crippen LogP contribution in [0, 0.1) is 0 Å². The molecule has 14 heavy (non-hydrogen) atoms. The number of anilines is 1. The third-order valence-corrected chi connectivity index (χ3v) is 1.72. The van der Waals surface area contributed by atoms with Gasteiger partial charge in [0, 0.05) is 23.2 Å². The van der Waals surface area contributed by atoms with Gasteiger partial charge in [-0.2, -0.15) is 0 Å². The van der Waals surface area contributed by atoms with E-state index in [4.69, 9.17) is 17.3 Å². The largest absolute Gasteiger partial charge is 0.366 e. The molecule has 0 aliphatic rings. The number of carbonyl (C=O) groups excluding carboxylic acids is 2. The molecule has 74 valence electrons. The van der Waals surface area contributed by atoms with Crippen molar-refractivity contribution in [2.45, 2.75) is 6.92 Å². The first-order valence-corrected chi connectivity index (χ1v) is 4.25. The number of rotatable bonds is 2. The maximum Gasteiger partial charge on any atom is 0.248 e. The second kappa shape index (κ2) is 4.11. The number of nitrogens with one attached hydrogen (secondary N) is 1. The Morgan fingerprint density at radius 2 is 2.00 bits per heavy atom. The zero-order valence-electron chi connectivity index (χ0n) is 7.50. The topological polar surface area (TPSA) is 72.2 Å². The van der Waals surface area contributed by atoms with Crippen LogP contribution in [0.15, 0.2) is 18.2 Å². The van der Waals surface area contributed by atoms with Crippen LogP contribution in [0.2, 0.25) is 5.02 Å². The number of hydrogen-bond donors (Lipinski definition) is 2. The Kier molecular flexibility index (Phi) is 3.09. The first kappa shape index (κ1) is 10.5. The van der Waals surface area contributed by atoms with Gasteiger partial charge in [0.2, 0.25) is 11.8 Å². The van der Waals surface area contributed by atoms with Crippen molar-refractivity contribution in [1.82, 2.24) is 0 Å². The standard InChI is InChI=1S/C9H9ClN2O2/c1-5(13)12-8-3-6(9(11)14)2-7(10)4-8/h2-4H,1H3,(H2,11,14)(H,12,13). The molecule has 0 aliphatic carbocycles. The lowest BCUT2D eigenvalue weighted by Gasteiger charge is -2.04. The van der Waals surface area contributed by atoms with Crippen LogP contribution in [-0.2, 0) is 4.79 Å². The van der Waals surface area contributed by atoms with Gasteiger partial charge in [-0.25, -0.2) is 0 Å². The van der Waals surface area contributed by atoms with Crippen LogP contribution in [0.25, 0.3) is 0 Å². The fraction of sp³-hybridized carbons (Fsp3) is 0.111. The molecule has 0 saturated heterocycles. The van der Waals surface area contributed by atoms with Crippen LogP contribution in [0.5, 0.6) is 0 Å². The van der Waals surface area contributed by atoms with E-state index in [0.29, 0.717) is 10.7 Å². The van der Waals surface area contributed by atoms with E-state index in [0.717, 1.165) is 0 Å². The van der Waals surface area contributed by atoms with Gasteiger partial charge >= 0.3 is 0 Å². The minimum absolute atomic E-state index is 0.234. The SMILES string of the molecule is CC(=O)Nc1cc(Cl)cc(C(N)=O)c1. The normalized spacial score (nSPS) is 9.57. The Bertz CT molecular complexity index is 390. The van der Waals surface area contributed by atoms with Crippen molar-refractivity contribution in [3.8, 4) is 0 Å². The summed E-state index contributed by atoms with van der Waals surface area (Å²) in [6.45, 7) is 1.37. The smallest absolute Gasteiger partial charge is 0.248 e. The lowest BCUT2D eigenvalue weighted by molar-refractivity contribution is -0.114. The van der Waals surface area contributed by atoms with E-state index in [1.54, 1.807) is 0 Å². The summed E-state index contributed by atoms with van der Waals surface area (Å²) in [7, 11) is 0. The number of benzene rings is 1. The van der Waals surface area contributed by atoms with Crippen molar-refractivity contribution in [1.29, 1.82) is 0 Å². The van der Waals surface area contributed by atoms with Crippen LogP contribution >= 0.6 is 11.6 Å². The summed E-state index contributed by atoms with van der Waals surface area (Å²) in [6.07, 6.45) is 0. The third kappa shape index (κ3) is 2.74. The molecule has 3 N–H and O–H groups in total. The van der Waals surface area contributed by atoms with Gasteiger partial charge in [-0.05, 0) is 18.2 Å². The Labute approximate surface area is 86.0 Å². The summed E-state index contributed by atoms with van der Waals surface area (Å²) in [5, 5.41) is 2.86. The van der Waals surface area contributed by atoms with E-state index in [-0.39, 0.29) is 11.5 Å². The zero-order valence-corrected chi connectivity index (χ0v) is 8.26. The van der Waals surface area contributed by atoms with E-state index in [1.165, 1.54) is 25.1 Å². The molecule has 5 heteroatoms. The molecule has 0 radical (unpaired) electrons. The fourth-order valence-electron chi connectivity index (χ4n) is 1.01. The molecule has 1 rings (SSSR count). The lowest BCUT2D eigenvalue weighted by atomic mass is 10.2. The second-order valence-electron chi connectivity index (χ2n) is 2.77. The summed E-state index contributed by atoms with van der Waals surface area (Å²) >= 11 is 5.72. The molecule has 0 spiro atoms. The van der Waals surface area contributed by atoms with E-state index < -0.39 is 5.91 Å². The summed E-state index contributed by atoms with van der Waals surface area (Å²) < 4.78 is 0. The van der Waals surface area contributed by atoms with Crippen LogP contribution in [0.4, 0.5) is 5.69 Å². The van der Waals surface area contributed by atoms with Crippen molar-refractivity contribution in [3.05, 3.63) is 28.8 Å². The van der Waals surface area contributed by atoms with Gasteiger partial charge in [0.15, 0.2) is 0 Å². The highest BCUT2D eigenvalue weighted by molar-refractivity contribution is 6.31. The monoisotopic (exact) mass is 212 g/mol. The highest BCUT2D eigenvalue weighted by Gasteiger charge is 2.04. The predicted octanol–water partition coefficient (Wildman–Crippen LogP) is 1.40. The van der Waals surface area contributed by atoms with Crippen molar-refractivity contribution < 1.29 is 9.59 Å². The quantitative estimate of drug-likeness (QED) is 0.778. The van der Waals surface area contributed by atoms with E-state index in [1.807, 2.05) is 0 Å². The molecule has 0 aliphatic heterocycles. The van der Waals surface area contributed by atoms with Gasteiger partial charge in [0.1, 0.15) is 0 Å². The summed E-state index contributed by atoms with van der Waals surface area (Å²) in [5.41, 5.74) is 5.79. The number of primary amides is 1. The number of amides is 2. The third-order valence-electron chi connectivity index (χ3n) is 1.50. The van der Waals surface area contributed by atoms with Gasteiger partial charge in [0.25, 0.3) is 0 Å². The Hall–Kier alpha value is -1.55. The van der Waals surface area contributed by atoms with Crippen molar-refractivity contribution in [3.63, 3.8) is 0 Å². The first-order valence-electron chi connectivity index (χ1n) is 3.87. The molecule has 1 aromatic rings. The van der Waals surface area contributed by atoms with Crippen molar-refractivity contribution in [2.24, 2.45) is 5.73 Å². The molecule has 0 unspecified atom stereocenters. The van der Waals surface area contributed by atoms with E-state index in [2.05, 4.69) is 5.32 Å². The molecule has 4 nitrogen and oxygen atoms in total. The van der Waals surface area contributed by atoms with Gasteiger partial charge in [-0.3, -0.25) is 9.59 Å². The zero-order chi connectivity index (χ0) is 10.7. The van der Waals surface area contributed by atoms with Crippen LogP contribution in [0.1, 0.15) is 17.3 Å². The highest BCUT2D eigenvalue weighted by atomic mass is 35.5. The van der Waals surface area contributed by atoms with Crippen molar-refractivity contribution in [2.75, 3.05) is 5.32 Å². The minimum atomic E-state index is -0.584. The second-order valence-corrected chi connectivity index (χ2v) is 3.21. The minimum Gasteiger partial charge on any atom is -0.366 e. The molecular weight excluding hydrogens is 204 g/mol. The van der Waals surface area contributed by atoms with Crippen LogP contribution in [0.3, 0.4) is 0 Å². The lowest BCUT2D eigenvalue weighted by Crippen LogP contribution is -2.12. The maximum atomic E-state index is 10.8. The van der Waals surface area contributed by atoms with Crippen LogP contribution < -0.4 is 11.1 Å². The average Bonchev–Trinajstić information content (AvgIpc) is 2.01. The number of nitrogens with two attached hydrogens (primary N) is 1. The summed E-state index contributed by atoms with van der Waals surface area (Å²) in [6, 6.07) is 4.44. The van der Waals surface area contributed by atoms with Gasteiger partial charge in [-0.1, -0.05) is 11.6 Å².